The van der Waals surface area contributed by atoms with Crippen molar-refractivity contribution in [2.45, 2.75) is 47.5 Å². The van der Waals surface area contributed by atoms with Crippen LogP contribution in [0, 0.1) is 17.8 Å². The lowest BCUT2D eigenvalue weighted by atomic mass is 9.82. The third-order valence-corrected chi connectivity index (χ3v) is 2.54. The second kappa shape index (κ2) is 5.34. The van der Waals surface area contributed by atoms with E-state index in [1.54, 1.807) is 6.92 Å². The van der Waals surface area contributed by atoms with E-state index in [0.29, 0.717) is 23.5 Å². The summed E-state index contributed by atoms with van der Waals surface area (Å²) in [4.78, 5) is 10.8. The van der Waals surface area contributed by atoms with Gasteiger partial charge in [-0.1, -0.05) is 27.7 Å². The van der Waals surface area contributed by atoms with Gasteiger partial charge in [0.2, 0.25) is 0 Å². The van der Waals surface area contributed by atoms with Gasteiger partial charge in [-0.05, 0) is 31.1 Å². The van der Waals surface area contributed by atoms with Crippen LogP contribution in [0.1, 0.15) is 47.5 Å². The average Bonchev–Trinajstić information content (AvgIpc) is 1.84. The minimum absolute atomic E-state index is 0.321. The Kier molecular flexibility index (Phi) is 5.19. The molecule has 0 aromatic carbocycles. The van der Waals surface area contributed by atoms with Crippen LogP contribution in [-0.2, 0) is 4.79 Å². The van der Waals surface area contributed by atoms with Crippen molar-refractivity contribution in [2.75, 3.05) is 0 Å². The van der Waals surface area contributed by atoms with Gasteiger partial charge in [-0.2, -0.15) is 0 Å². The first-order chi connectivity index (χ1) is 5.45. The summed E-state index contributed by atoms with van der Waals surface area (Å²) in [5.74, 6) is 2.42. The molecule has 0 spiro atoms. The highest BCUT2D eigenvalue weighted by Gasteiger charge is 2.17. The maximum absolute atomic E-state index is 10.8. The fraction of sp³-hybridized carbons (Fsp3) is 0.909. The van der Waals surface area contributed by atoms with Crippen molar-refractivity contribution >= 4 is 5.78 Å². The van der Waals surface area contributed by atoms with Crippen molar-refractivity contribution in [3.05, 3.63) is 0 Å². The Labute approximate surface area is 76.6 Å². The molecule has 0 amide bonds. The molecule has 0 rings (SSSR count). The lowest BCUT2D eigenvalue weighted by Gasteiger charge is -2.24. The van der Waals surface area contributed by atoms with E-state index in [0.717, 1.165) is 12.8 Å². The smallest absolute Gasteiger partial charge is 0.129 e. The average molecular weight is 170 g/mol. The molecule has 0 heterocycles. The summed E-state index contributed by atoms with van der Waals surface area (Å²) in [6, 6.07) is 0. The van der Waals surface area contributed by atoms with Crippen LogP contribution in [-0.4, -0.2) is 5.78 Å². The molecule has 0 aliphatic rings. The molecule has 0 aliphatic carbocycles. The number of ketones is 1. The van der Waals surface area contributed by atoms with Gasteiger partial charge in [0.1, 0.15) is 5.78 Å². The molecule has 0 atom stereocenters. The van der Waals surface area contributed by atoms with Crippen LogP contribution in [0.15, 0.2) is 0 Å². The van der Waals surface area contributed by atoms with Crippen LogP contribution in [0.3, 0.4) is 0 Å². The van der Waals surface area contributed by atoms with E-state index in [-0.39, 0.29) is 0 Å². The van der Waals surface area contributed by atoms with E-state index in [4.69, 9.17) is 0 Å². The molecule has 0 fully saturated rings. The Bertz CT molecular complexity index is 128. The van der Waals surface area contributed by atoms with E-state index in [9.17, 15) is 4.79 Å². The van der Waals surface area contributed by atoms with Gasteiger partial charge in [-0.3, -0.25) is 0 Å². The van der Waals surface area contributed by atoms with Crippen LogP contribution in [0.2, 0.25) is 0 Å². The van der Waals surface area contributed by atoms with E-state index in [1.165, 1.54) is 0 Å². The summed E-state index contributed by atoms with van der Waals surface area (Å²) in [5.41, 5.74) is 0. The Balaban J connectivity index is 3.88. The van der Waals surface area contributed by atoms with Gasteiger partial charge in [-0.25, -0.2) is 0 Å². The summed E-state index contributed by atoms with van der Waals surface area (Å²) in [6.45, 7) is 10.6. The number of Topliss-reactive ketones (excluding diaryl/α,β-unsaturated/α-hetero) is 1. The lowest BCUT2D eigenvalue weighted by molar-refractivity contribution is -0.117. The molecule has 0 radical (unpaired) electrons. The second-order valence-corrected chi connectivity index (χ2v) is 4.39. The van der Waals surface area contributed by atoms with Crippen molar-refractivity contribution in [3.8, 4) is 0 Å². The molecule has 0 saturated heterocycles. The molecule has 0 bridgehead atoms. The first-order valence-corrected chi connectivity index (χ1v) is 4.94. The molecular formula is C11H22O. The Morgan fingerprint density at radius 1 is 1.08 bits per heavy atom. The SMILES string of the molecule is CC(=O)CCC(C(C)C)C(C)C. The Hall–Kier alpha value is -0.330. The van der Waals surface area contributed by atoms with Crippen LogP contribution < -0.4 is 0 Å². The minimum atomic E-state index is 0.321. The van der Waals surface area contributed by atoms with Gasteiger partial charge in [0.05, 0.1) is 0 Å². The van der Waals surface area contributed by atoms with Crippen molar-refractivity contribution in [3.63, 3.8) is 0 Å². The zero-order chi connectivity index (χ0) is 9.72. The number of hydrogen-bond donors (Lipinski definition) is 0. The predicted octanol–water partition coefficient (Wildman–Crippen LogP) is 3.28. The van der Waals surface area contributed by atoms with E-state index >= 15 is 0 Å². The van der Waals surface area contributed by atoms with Gasteiger partial charge in [0.15, 0.2) is 0 Å². The van der Waals surface area contributed by atoms with Crippen LogP contribution >= 0.6 is 0 Å². The van der Waals surface area contributed by atoms with Crippen molar-refractivity contribution in [1.82, 2.24) is 0 Å². The van der Waals surface area contributed by atoms with Crippen LogP contribution in [0.4, 0.5) is 0 Å². The Morgan fingerprint density at radius 2 is 1.50 bits per heavy atom. The highest BCUT2D eigenvalue weighted by Crippen LogP contribution is 2.25. The zero-order valence-electron chi connectivity index (χ0n) is 9.05. The van der Waals surface area contributed by atoms with Gasteiger partial charge in [0.25, 0.3) is 0 Å². The maximum atomic E-state index is 10.8. The number of carbonyl (C=O) groups excluding carboxylic acids is 1. The summed E-state index contributed by atoms with van der Waals surface area (Å²) in [6.07, 6.45) is 1.81. The quantitative estimate of drug-likeness (QED) is 0.619. The summed E-state index contributed by atoms with van der Waals surface area (Å²) in [7, 11) is 0. The molecule has 0 aromatic rings. The van der Waals surface area contributed by atoms with Gasteiger partial charge < -0.3 is 4.79 Å². The van der Waals surface area contributed by atoms with E-state index in [1.807, 2.05) is 0 Å². The van der Waals surface area contributed by atoms with Crippen molar-refractivity contribution in [1.29, 1.82) is 0 Å². The molecule has 72 valence electrons. The fourth-order valence-electron chi connectivity index (χ4n) is 1.81. The van der Waals surface area contributed by atoms with Crippen molar-refractivity contribution < 1.29 is 4.79 Å². The van der Waals surface area contributed by atoms with Crippen LogP contribution in [0.5, 0.6) is 0 Å². The number of carbonyl (C=O) groups is 1. The van der Waals surface area contributed by atoms with Gasteiger partial charge in [-0.15, -0.1) is 0 Å². The fourth-order valence-corrected chi connectivity index (χ4v) is 1.81. The largest absolute Gasteiger partial charge is 0.300 e. The summed E-state index contributed by atoms with van der Waals surface area (Å²) < 4.78 is 0. The van der Waals surface area contributed by atoms with Gasteiger partial charge >= 0.3 is 0 Å². The molecule has 0 aromatic heterocycles. The van der Waals surface area contributed by atoms with Crippen LogP contribution in [0.25, 0.3) is 0 Å². The molecule has 1 heteroatoms. The van der Waals surface area contributed by atoms with E-state index in [2.05, 4.69) is 27.7 Å². The third kappa shape index (κ3) is 4.53. The predicted molar refractivity (Wildman–Crippen MR) is 53.1 cm³/mol. The Morgan fingerprint density at radius 3 is 1.75 bits per heavy atom. The zero-order valence-corrected chi connectivity index (χ0v) is 9.05. The highest BCUT2D eigenvalue weighted by atomic mass is 16.1. The molecule has 0 unspecified atom stereocenters. The lowest BCUT2D eigenvalue weighted by Crippen LogP contribution is -2.16. The number of rotatable bonds is 5. The van der Waals surface area contributed by atoms with E-state index < -0.39 is 0 Å². The standard InChI is InChI=1S/C11H22O/c1-8(2)11(9(3)4)7-6-10(5)12/h8-9,11H,6-7H2,1-5H3. The van der Waals surface area contributed by atoms with Gasteiger partial charge in [0, 0.05) is 6.42 Å². The minimum Gasteiger partial charge on any atom is -0.300 e. The topological polar surface area (TPSA) is 17.1 Å². The summed E-state index contributed by atoms with van der Waals surface area (Å²) in [5, 5.41) is 0. The highest BCUT2D eigenvalue weighted by molar-refractivity contribution is 5.75. The first-order valence-electron chi connectivity index (χ1n) is 4.94. The molecular weight excluding hydrogens is 148 g/mol. The first kappa shape index (κ1) is 11.7. The molecule has 1 nitrogen and oxygen atoms in total. The van der Waals surface area contributed by atoms with Crippen molar-refractivity contribution in [2.24, 2.45) is 17.8 Å². The number of hydrogen-bond acceptors (Lipinski definition) is 1. The molecule has 12 heavy (non-hydrogen) atoms. The maximum Gasteiger partial charge on any atom is 0.129 e. The molecule has 0 N–H and O–H groups in total. The normalized spacial score (nSPS) is 11.7. The summed E-state index contributed by atoms with van der Waals surface area (Å²) >= 11 is 0. The second-order valence-electron chi connectivity index (χ2n) is 4.39. The third-order valence-electron chi connectivity index (χ3n) is 2.54. The molecule has 0 aliphatic heterocycles. The monoisotopic (exact) mass is 170 g/mol. The molecule has 0 saturated carbocycles.